The fourth-order valence-corrected chi connectivity index (χ4v) is 4.29. The molecule has 2 N–H and O–H groups in total. The zero-order chi connectivity index (χ0) is 17.0. The van der Waals surface area contributed by atoms with E-state index in [0.29, 0.717) is 12.0 Å². The van der Waals surface area contributed by atoms with Crippen molar-refractivity contribution in [1.29, 1.82) is 0 Å². The maximum atomic E-state index is 12.7. The Labute approximate surface area is 142 Å². The number of hydrogen-bond donors (Lipinski definition) is 2. The van der Waals surface area contributed by atoms with Crippen LogP contribution in [0.15, 0.2) is 23.1 Å². The lowest BCUT2D eigenvalue weighted by Gasteiger charge is -2.19. The van der Waals surface area contributed by atoms with Crippen molar-refractivity contribution in [2.24, 2.45) is 0 Å². The molecule has 0 heterocycles. The van der Waals surface area contributed by atoms with Gasteiger partial charge in [-0.25, -0.2) is 8.42 Å². The van der Waals surface area contributed by atoms with Gasteiger partial charge in [-0.2, -0.15) is 16.5 Å². The van der Waals surface area contributed by atoms with Crippen molar-refractivity contribution in [2.45, 2.75) is 50.1 Å². The predicted octanol–water partition coefficient (Wildman–Crippen LogP) is 1.98. The molecule has 0 spiro atoms. The van der Waals surface area contributed by atoms with E-state index in [-0.39, 0.29) is 16.8 Å². The highest BCUT2D eigenvalue weighted by atomic mass is 32.2. The van der Waals surface area contributed by atoms with Gasteiger partial charge >= 0.3 is 0 Å². The third-order valence-corrected chi connectivity index (χ3v) is 6.04. The Balaban J connectivity index is 2.18. The Bertz CT molecular complexity index is 670. The summed E-state index contributed by atoms with van der Waals surface area (Å²) < 4.78 is 28.0. The highest BCUT2D eigenvalue weighted by Crippen LogP contribution is 2.20. The minimum atomic E-state index is -3.72. The summed E-state index contributed by atoms with van der Waals surface area (Å²) in [6.45, 7) is 3.61. The van der Waals surface area contributed by atoms with E-state index in [2.05, 4.69) is 10.0 Å². The normalized spacial score (nSPS) is 16.1. The third-order valence-electron chi connectivity index (χ3n) is 3.78. The van der Waals surface area contributed by atoms with Gasteiger partial charge in [-0.1, -0.05) is 12.1 Å². The molecule has 0 bridgehead atoms. The summed E-state index contributed by atoms with van der Waals surface area (Å²) in [5.41, 5.74) is 1.55. The van der Waals surface area contributed by atoms with Gasteiger partial charge in [0.1, 0.15) is 6.04 Å². The first-order valence-corrected chi connectivity index (χ1v) is 10.6. The minimum Gasteiger partial charge on any atom is -0.352 e. The molecule has 1 aromatic carbocycles. The van der Waals surface area contributed by atoms with E-state index >= 15 is 0 Å². The monoisotopic (exact) mass is 356 g/mol. The van der Waals surface area contributed by atoms with E-state index < -0.39 is 16.1 Å². The fraction of sp³-hybridized carbons (Fsp3) is 0.562. The van der Waals surface area contributed by atoms with Crippen molar-refractivity contribution in [3.05, 3.63) is 29.3 Å². The molecule has 0 radical (unpaired) electrons. The smallest absolute Gasteiger partial charge is 0.241 e. The first-order chi connectivity index (χ1) is 10.8. The Morgan fingerprint density at radius 1 is 1.35 bits per heavy atom. The molecule has 1 fully saturated rings. The molecule has 2 rings (SSSR count). The van der Waals surface area contributed by atoms with Crippen LogP contribution in [0.3, 0.4) is 0 Å². The maximum absolute atomic E-state index is 12.7. The molecule has 5 nitrogen and oxygen atoms in total. The molecule has 1 amide bonds. The molecule has 0 aromatic heterocycles. The average Bonchev–Trinajstić information content (AvgIpc) is 3.29. The number of nitrogens with one attached hydrogen (secondary N) is 2. The largest absolute Gasteiger partial charge is 0.352 e. The van der Waals surface area contributed by atoms with Crippen LogP contribution in [0.4, 0.5) is 0 Å². The Morgan fingerprint density at radius 3 is 2.65 bits per heavy atom. The van der Waals surface area contributed by atoms with Crippen LogP contribution in [0.5, 0.6) is 0 Å². The summed E-state index contributed by atoms with van der Waals surface area (Å²) in [7, 11) is -3.72. The van der Waals surface area contributed by atoms with Crippen LogP contribution in [0.25, 0.3) is 0 Å². The number of aryl methyl sites for hydroxylation is 2. The second-order valence-corrected chi connectivity index (χ2v) is 8.68. The van der Waals surface area contributed by atoms with E-state index in [4.69, 9.17) is 0 Å². The SMILES string of the molecule is CSCCC(NS(=O)(=O)c1cc(C)ccc1C)C(=O)NC1CC1. The minimum absolute atomic E-state index is 0.212. The van der Waals surface area contributed by atoms with Gasteiger partial charge in [0.05, 0.1) is 4.90 Å². The molecule has 128 valence electrons. The van der Waals surface area contributed by atoms with Crippen molar-refractivity contribution >= 4 is 27.7 Å². The summed E-state index contributed by atoms with van der Waals surface area (Å²) in [5, 5.41) is 2.89. The Morgan fingerprint density at radius 2 is 2.04 bits per heavy atom. The van der Waals surface area contributed by atoms with Crippen LogP contribution in [-0.2, 0) is 14.8 Å². The van der Waals surface area contributed by atoms with Crippen LogP contribution in [0, 0.1) is 13.8 Å². The predicted molar refractivity (Wildman–Crippen MR) is 94.2 cm³/mol. The van der Waals surface area contributed by atoms with Crippen LogP contribution in [-0.4, -0.2) is 38.4 Å². The van der Waals surface area contributed by atoms with Crippen LogP contribution < -0.4 is 10.0 Å². The van der Waals surface area contributed by atoms with E-state index in [1.165, 1.54) is 0 Å². The van der Waals surface area contributed by atoms with Crippen LogP contribution in [0.1, 0.15) is 30.4 Å². The molecule has 7 heteroatoms. The fourth-order valence-electron chi connectivity index (χ4n) is 2.26. The number of carbonyl (C=O) groups excluding carboxylic acids is 1. The third kappa shape index (κ3) is 5.22. The van der Waals surface area contributed by atoms with Gasteiger partial charge in [0.15, 0.2) is 0 Å². The number of carbonyl (C=O) groups is 1. The molecule has 1 aromatic rings. The van der Waals surface area contributed by atoms with Gasteiger partial charge in [-0.3, -0.25) is 4.79 Å². The van der Waals surface area contributed by atoms with Crippen molar-refractivity contribution in [3.63, 3.8) is 0 Å². The maximum Gasteiger partial charge on any atom is 0.241 e. The van der Waals surface area contributed by atoms with Gasteiger partial charge in [0.25, 0.3) is 0 Å². The lowest BCUT2D eigenvalue weighted by Crippen LogP contribution is -2.47. The summed E-state index contributed by atoms with van der Waals surface area (Å²) >= 11 is 1.59. The zero-order valence-corrected chi connectivity index (χ0v) is 15.4. The highest BCUT2D eigenvalue weighted by Gasteiger charge is 2.30. The van der Waals surface area contributed by atoms with Gasteiger partial charge in [-0.15, -0.1) is 0 Å². The first kappa shape index (κ1) is 18.3. The van der Waals surface area contributed by atoms with Crippen molar-refractivity contribution < 1.29 is 13.2 Å². The van der Waals surface area contributed by atoms with Crippen molar-refractivity contribution in [2.75, 3.05) is 12.0 Å². The molecule has 1 aliphatic rings. The number of rotatable bonds is 8. The molecule has 1 aliphatic carbocycles. The van der Waals surface area contributed by atoms with Gasteiger partial charge < -0.3 is 5.32 Å². The molecule has 23 heavy (non-hydrogen) atoms. The number of benzene rings is 1. The highest BCUT2D eigenvalue weighted by molar-refractivity contribution is 7.98. The molecule has 1 atom stereocenters. The average molecular weight is 357 g/mol. The number of hydrogen-bond acceptors (Lipinski definition) is 4. The molecule has 0 saturated heterocycles. The van der Waals surface area contributed by atoms with Crippen LogP contribution in [0.2, 0.25) is 0 Å². The number of sulfonamides is 1. The lowest BCUT2D eigenvalue weighted by molar-refractivity contribution is -0.122. The quantitative estimate of drug-likeness (QED) is 0.747. The van der Waals surface area contributed by atoms with Crippen molar-refractivity contribution in [3.8, 4) is 0 Å². The zero-order valence-electron chi connectivity index (χ0n) is 13.8. The number of amides is 1. The number of thioether (sulfide) groups is 1. The van der Waals surface area contributed by atoms with Crippen molar-refractivity contribution in [1.82, 2.24) is 10.0 Å². The van der Waals surface area contributed by atoms with E-state index in [1.807, 2.05) is 19.2 Å². The Hall–Kier alpha value is -1.05. The summed E-state index contributed by atoms with van der Waals surface area (Å²) in [4.78, 5) is 12.6. The molecular weight excluding hydrogens is 332 g/mol. The topological polar surface area (TPSA) is 75.3 Å². The Kier molecular flexibility index (Phi) is 6.11. The van der Waals surface area contributed by atoms with E-state index in [9.17, 15) is 13.2 Å². The second-order valence-electron chi connectivity index (χ2n) is 6.01. The standard InChI is InChI=1S/C16H24N2O3S2/c1-11-4-5-12(2)15(10-11)23(20,21)18-14(8-9-22-3)16(19)17-13-6-7-13/h4-5,10,13-14,18H,6-9H2,1-3H3,(H,17,19). The second kappa shape index (κ2) is 7.68. The van der Waals surface area contributed by atoms with Crippen LogP contribution >= 0.6 is 11.8 Å². The van der Waals surface area contributed by atoms with Gasteiger partial charge in [0.2, 0.25) is 15.9 Å². The van der Waals surface area contributed by atoms with Gasteiger partial charge in [-0.05, 0) is 62.3 Å². The lowest BCUT2D eigenvalue weighted by atomic mass is 10.2. The van der Waals surface area contributed by atoms with E-state index in [0.717, 1.165) is 24.2 Å². The summed E-state index contributed by atoms with van der Waals surface area (Å²) in [5.74, 6) is 0.494. The molecule has 0 aliphatic heterocycles. The summed E-state index contributed by atoms with van der Waals surface area (Å²) in [6.07, 6.45) is 4.37. The molecule has 1 saturated carbocycles. The molecular formula is C16H24N2O3S2. The first-order valence-electron chi connectivity index (χ1n) is 7.72. The van der Waals surface area contributed by atoms with E-state index in [1.54, 1.807) is 30.8 Å². The molecule has 1 unspecified atom stereocenters. The summed E-state index contributed by atoms with van der Waals surface area (Å²) in [6, 6.07) is 4.78. The van der Waals surface area contributed by atoms with Gasteiger partial charge in [0, 0.05) is 6.04 Å².